The second-order valence-electron chi connectivity index (χ2n) is 4.21. The molecule has 3 N–H and O–H groups in total. The number of hydrogen-bond acceptors (Lipinski definition) is 4. The highest BCUT2D eigenvalue weighted by Crippen LogP contribution is 2.22. The molecule has 0 aliphatic heterocycles. The highest BCUT2D eigenvalue weighted by Gasteiger charge is 2.14. The molecule has 0 atom stereocenters. The molecule has 0 aliphatic rings. The summed E-state index contributed by atoms with van der Waals surface area (Å²) in [6.07, 6.45) is 0. The highest BCUT2D eigenvalue weighted by atomic mass is 16.5. The van der Waals surface area contributed by atoms with E-state index in [2.05, 4.69) is 10.4 Å². The molecule has 100 valence electrons. The van der Waals surface area contributed by atoms with Gasteiger partial charge in [0.05, 0.1) is 18.4 Å². The summed E-state index contributed by atoms with van der Waals surface area (Å²) in [6, 6.07) is 6.70. The summed E-state index contributed by atoms with van der Waals surface area (Å²) in [4.78, 5) is 12.2. The molecule has 1 aromatic carbocycles. The molecule has 2 aromatic rings. The van der Waals surface area contributed by atoms with Crippen LogP contribution in [0.15, 0.2) is 24.3 Å². The van der Waals surface area contributed by atoms with Crippen LogP contribution in [-0.2, 0) is 7.05 Å². The number of benzene rings is 1. The molecule has 0 radical (unpaired) electrons. The molecule has 0 bridgehead atoms. The molecule has 6 nitrogen and oxygen atoms in total. The molecule has 0 saturated heterocycles. The Morgan fingerprint density at radius 3 is 2.74 bits per heavy atom. The summed E-state index contributed by atoms with van der Waals surface area (Å²) in [7, 11) is 3.27. The minimum absolute atomic E-state index is 0.264. The van der Waals surface area contributed by atoms with Crippen LogP contribution in [0.25, 0.3) is 0 Å². The number of aromatic nitrogens is 2. The van der Waals surface area contributed by atoms with Gasteiger partial charge in [-0.1, -0.05) is 0 Å². The molecule has 0 spiro atoms. The van der Waals surface area contributed by atoms with Crippen molar-refractivity contribution in [3.8, 4) is 5.75 Å². The zero-order chi connectivity index (χ0) is 14.0. The zero-order valence-corrected chi connectivity index (χ0v) is 11.1. The van der Waals surface area contributed by atoms with Gasteiger partial charge in [-0.05, 0) is 19.1 Å². The first-order chi connectivity index (χ1) is 9.01. The summed E-state index contributed by atoms with van der Waals surface area (Å²) in [6.45, 7) is 1.86. The Balaban J connectivity index is 2.27. The number of carbonyl (C=O) groups is 1. The predicted octanol–water partition coefficient (Wildman–Crippen LogP) is 1.57. The Kier molecular flexibility index (Phi) is 3.41. The maximum Gasteiger partial charge on any atom is 0.260 e. The fourth-order valence-corrected chi connectivity index (χ4v) is 1.81. The van der Waals surface area contributed by atoms with E-state index >= 15 is 0 Å². The van der Waals surface area contributed by atoms with E-state index in [0.717, 1.165) is 5.69 Å². The summed E-state index contributed by atoms with van der Waals surface area (Å²) < 4.78 is 6.77. The summed E-state index contributed by atoms with van der Waals surface area (Å²) in [5.74, 6) is 0.803. The SMILES string of the molecule is COc1cc(N)ccc1C(=O)Nc1cc(C)nn1C. The quantitative estimate of drug-likeness (QED) is 0.821. The van der Waals surface area contributed by atoms with E-state index in [1.54, 1.807) is 36.0 Å². The third kappa shape index (κ3) is 2.67. The van der Waals surface area contributed by atoms with E-state index in [0.29, 0.717) is 22.8 Å². The van der Waals surface area contributed by atoms with Crippen LogP contribution in [-0.4, -0.2) is 22.8 Å². The van der Waals surface area contributed by atoms with Crippen LogP contribution in [0.1, 0.15) is 16.1 Å². The molecular formula is C13H16N4O2. The van der Waals surface area contributed by atoms with Crippen molar-refractivity contribution in [2.75, 3.05) is 18.2 Å². The normalized spacial score (nSPS) is 10.3. The molecular weight excluding hydrogens is 244 g/mol. The van der Waals surface area contributed by atoms with Gasteiger partial charge in [0, 0.05) is 24.9 Å². The molecule has 1 aromatic heterocycles. The Labute approximate surface area is 111 Å². The number of hydrogen-bond donors (Lipinski definition) is 2. The first-order valence-corrected chi connectivity index (χ1v) is 5.76. The summed E-state index contributed by atoms with van der Waals surface area (Å²) in [5, 5.41) is 6.95. The molecule has 0 aliphatic carbocycles. The van der Waals surface area contributed by atoms with Crippen LogP contribution in [0.4, 0.5) is 11.5 Å². The number of carbonyl (C=O) groups excluding carboxylic acids is 1. The second-order valence-corrected chi connectivity index (χ2v) is 4.21. The van der Waals surface area contributed by atoms with Gasteiger partial charge in [-0.25, -0.2) is 0 Å². The third-order valence-corrected chi connectivity index (χ3v) is 2.71. The maximum atomic E-state index is 12.2. The highest BCUT2D eigenvalue weighted by molar-refractivity contribution is 6.06. The lowest BCUT2D eigenvalue weighted by molar-refractivity contribution is 0.102. The molecule has 0 unspecified atom stereocenters. The smallest absolute Gasteiger partial charge is 0.260 e. The van der Waals surface area contributed by atoms with Gasteiger partial charge in [-0.15, -0.1) is 0 Å². The van der Waals surface area contributed by atoms with E-state index in [1.807, 2.05) is 6.92 Å². The second kappa shape index (κ2) is 5.01. The number of nitrogens with zero attached hydrogens (tertiary/aromatic N) is 2. The number of ether oxygens (including phenoxy) is 1. The fraction of sp³-hybridized carbons (Fsp3) is 0.231. The van der Waals surface area contributed by atoms with Crippen LogP contribution in [0, 0.1) is 6.92 Å². The Bertz CT molecular complexity index is 619. The van der Waals surface area contributed by atoms with E-state index in [-0.39, 0.29) is 5.91 Å². The number of aryl methyl sites for hydroxylation is 2. The van der Waals surface area contributed by atoms with E-state index in [4.69, 9.17) is 10.5 Å². The molecule has 0 saturated carbocycles. The monoisotopic (exact) mass is 260 g/mol. The minimum atomic E-state index is -0.264. The lowest BCUT2D eigenvalue weighted by atomic mass is 10.1. The van der Waals surface area contributed by atoms with Gasteiger partial charge in [0.1, 0.15) is 11.6 Å². The fourth-order valence-electron chi connectivity index (χ4n) is 1.81. The lowest BCUT2D eigenvalue weighted by Crippen LogP contribution is -2.15. The molecule has 1 amide bonds. The van der Waals surface area contributed by atoms with E-state index < -0.39 is 0 Å². The Morgan fingerprint density at radius 1 is 1.42 bits per heavy atom. The van der Waals surface area contributed by atoms with Gasteiger partial charge in [-0.3, -0.25) is 9.48 Å². The summed E-state index contributed by atoms with van der Waals surface area (Å²) in [5.41, 5.74) is 7.47. The Hall–Kier alpha value is -2.50. The number of anilines is 2. The number of nitrogens with one attached hydrogen (secondary N) is 1. The number of methoxy groups -OCH3 is 1. The van der Waals surface area contributed by atoms with Crippen molar-refractivity contribution in [1.29, 1.82) is 0 Å². The van der Waals surface area contributed by atoms with Crippen molar-refractivity contribution < 1.29 is 9.53 Å². The van der Waals surface area contributed by atoms with Crippen LogP contribution >= 0.6 is 0 Å². The summed E-state index contributed by atoms with van der Waals surface area (Å²) >= 11 is 0. The zero-order valence-electron chi connectivity index (χ0n) is 11.1. The Morgan fingerprint density at radius 2 is 2.16 bits per heavy atom. The van der Waals surface area contributed by atoms with Crippen molar-refractivity contribution >= 4 is 17.4 Å². The topological polar surface area (TPSA) is 82.2 Å². The number of amides is 1. The number of nitrogen functional groups attached to an aromatic ring is 1. The van der Waals surface area contributed by atoms with Crippen LogP contribution in [0.2, 0.25) is 0 Å². The van der Waals surface area contributed by atoms with Gasteiger partial charge < -0.3 is 15.8 Å². The van der Waals surface area contributed by atoms with Crippen molar-refractivity contribution in [2.24, 2.45) is 7.05 Å². The van der Waals surface area contributed by atoms with E-state index in [9.17, 15) is 4.79 Å². The van der Waals surface area contributed by atoms with Gasteiger partial charge in [-0.2, -0.15) is 5.10 Å². The largest absolute Gasteiger partial charge is 0.496 e. The standard InChI is InChI=1S/C13H16N4O2/c1-8-6-12(17(2)16-8)15-13(18)10-5-4-9(14)7-11(10)19-3/h4-7H,14H2,1-3H3,(H,15,18). The average molecular weight is 260 g/mol. The van der Waals surface area contributed by atoms with Crippen molar-refractivity contribution in [2.45, 2.75) is 6.92 Å². The molecule has 0 fully saturated rings. The predicted molar refractivity (Wildman–Crippen MR) is 73.3 cm³/mol. The van der Waals surface area contributed by atoms with Crippen molar-refractivity contribution in [3.05, 3.63) is 35.5 Å². The molecule has 2 rings (SSSR count). The number of nitrogens with two attached hydrogens (primary N) is 1. The van der Waals surface area contributed by atoms with Gasteiger partial charge in [0.15, 0.2) is 0 Å². The first-order valence-electron chi connectivity index (χ1n) is 5.76. The molecule has 1 heterocycles. The molecule has 6 heteroatoms. The average Bonchev–Trinajstić information content (AvgIpc) is 2.67. The molecule has 19 heavy (non-hydrogen) atoms. The third-order valence-electron chi connectivity index (χ3n) is 2.71. The van der Waals surface area contributed by atoms with Crippen molar-refractivity contribution in [3.63, 3.8) is 0 Å². The number of rotatable bonds is 3. The van der Waals surface area contributed by atoms with Crippen LogP contribution in [0.5, 0.6) is 5.75 Å². The van der Waals surface area contributed by atoms with Crippen LogP contribution < -0.4 is 15.8 Å². The van der Waals surface area contributed by atoms with Gasteiger partial charge >= 0.3 is 0 Å². The van der Waals surface area contributed by atoms with Gasteiger partial charge in [0.2, 0.25) is 0 Å². The van der Waals surface area contributed by atoms with E-state index in [1.165, 1.54) is 7.11 Å². The van der Waals surface area contributed by atoms with Crippen molar-refractivity contribution in [1.82, 2.24) is 9.78 Å². The van der Waals surface area contributed by atoms with Crippen LogP contribution in [0.3, 0.4) is 0 Å². The maximum absolute atomic E-state index is 12.2. The first kappa shape index (κ1) is 12.9. The lowest BCUT2D eigenvalue weighted by Gasteiger charge is -2.09. The van der Waals surface area contributed by atoms with Gasteiger partial charge in [0.25, 0.3) is 5.91 Å². The minimum Gasteiger partial charge on any atom is -0.496 e.